The third-order valence-corrected chi connectivity index (χ3v) is 7.31. The molecular weight excluding hydrogens is 416 g/mol. The summed E-state index contributed by atoms with van der Waals surface area (Å²) < 4.78 is 8.24. The van der Waals surface area contributed by atoms with Crippen LogP contribution in [0.25, 0.3) is 22.2 Å². The second-order valence-corrected chi connectivity index (χ2v) is 9.06. The smallest absolute Gasteiger partial charge is 0.120 e. The van der Waals surface area contributed by atoms with Crippen molar-refractivity contribution in [3.05, 3.63) is 66.2 Å². The van der Waals surface area contributed by atoms with Crippen molar-refractivity contribution in [3.63, 3.8) is 0 Å². The number of ether oxygens (including phenoxy) is 1. The molecule has 2 N–H and O–H groups in total. The first-order valence-electron chi connectivity index (χ1n) is 11.2. The number of benzene rings is 3. The van der Waals surface area contributed by atoms with Crippen molar-refractivity contribution < 1.29 is 4.74 Å². The fourth-order valence-electron chi connectivity index (χ4n) is 4.23. The summed E-state index contributed by atoms with van der Waals surface area (Å²) in [6.07, 6.45) is 0. The van der Waals surface area contributed by atoms with Gasteiger partial charge in [0, 0.05) is 33.0 Å². The minimum atomic E-state index is 0.546. The highest BCUT2D eigenvalue weighted by atomic mass is 32.2. The number of nitrogens with two attached hydrogens (primary N) is 1. The normalized spacial score (nSPS) is 12.3. The van der Waals surface area contributed by atoms with Crippen LogP contribution in [0, 0.1) is 0 Å². The van der Waals surface area contributed by atoms with Crippen LogP contribution in [0.1, 0.15) is 19.4 Å². The summed E-state index contributed by atoms with van der Waals surface area (Å²) in [7, 11) is 0. The molecule has 0 spiro atoms. The Morgan fingerprint density at radius 3 is 2.62 bits per heavy atom. The standard InChI is InChI=1S/C26H28N4OS/c1-3-29(4-2)14-15-30-22-12-11-21(27)26-24(22)25(28-30)20-16-19(10-13-23(20)32-26)31-17-18-8-6-5-7-9-18/h5-13,16H,3-4,14-15,17,27H2,1-2H3. The lowest BCUT2D eigenvalue weighted by Crippen LogP contribution is -2.27. The lowest BCUT2D eigenvalue weighted by Gasteiger charge is -2.18. The van der Waals surface area contributed by atoms with Crippen LogP contribution in [0.5, 0.6) is 5.75 Å². The van der Waals surface area contributed by atoms with Crippen LogP contribution < -0.4 is 10.5 Å². The molecule has 6 heteroatoms. The van der Waals surface area contributed by atoms with Gasteiger partial charge in [-0.1, -0.05) is 55.9 Å². The Labute approximate surface area is 193 Å². The van der Waals surface area contributed by atoms with Crippen LogP contribution in [0.4, 0.5) is 5.69 Å². The van der Waals surface area contributed by atoms with Gasteiger partial charge in [0.05, 0.1) is 12.1 Å². The zero-order valence-corrected chi connectivity index (χ0v) is 19.4. The van der Waals surface area contributed by atoms with Crippen molar-refractivity contribution in [2.45, 2.75) is 36.8 Å². The van der Waals surface area contributed by atoms with Crippen LogP contribution in [0.2, 0.25) is 0 Å². The van der Waals surface area contributed by atoms with Gasteiger partial charge in [-0.05, 0) is 49.0 Å². The van der Waals surface area contributed by atoms with E-state index in [0.717, 1.165) is 75.1 Å². The quantitative estimate of drug-likeness (QED) is 0.313. The van der Waals surface area contributed by atoms with Crippen LogP contribution in [0.15, 0.2) is 70.5 Å². The van der Waals surface area contributed by atoms with E-state index >= 15 is 0 Å². The molecule has 164 valence electrons. The minimum Gasteiger partial charge on any atom is -0.489 e. The van der Waals surface area contributed by atoms with E-state index in [4.69, 9.17) is 15.6 Å². The lowest BCUT2D eigenvalue weighted by molar-refractivity contribution is 0.287. The van der Waals surface area contributed by atoms with Crippen LogP contribution in [0.3, 0.4) is 0 Å². The molecular formula is C26H28N4OS. The number of hydrogen-bond donors (Lipinski definition) is 1. The molecule has 0 bridgehead atoms. The van der Waals surface area contributed by atoms with Crippen molar-refractivity contribution in [3.8, 4) is 17.0 Å². The van der Waals surface area contributed by atoms with E-state index in [9.17, 15) is 0 Å². The zero-order valence-electron chi connectivity index (χ0n) is 18.5. The first-order chi connectivity index (χ1) is 15.7. The SMILES string of the molecule is CCN(CC)CCn1nc2c3c(c(N)ccc31)Sc1ccc(OCc3ccccc3)cc1-2. The Balaban J connectivity index is 1.51. The summed E-state index contributed by atoms with van der Waals surface area (Å²) in [6.45, 7) is 8.86. The topological polar surface area (TPSA) is 56.3 Å². The molecule has 0 radical (unpaired) electrons. The summed E-state index contributed by atoms with van der Waals surface area (Å²) >= 11 is 1.73. The average Bonchev–Trinajstić information content (AvgIpc) is 3.21. The third kappa shape index (κ3) is 3.85. The predicted molar refractivity (Wildman–Crippen MR) is 132 cm³/mol. The molecule has 0 aliphatic carbocycles. The van der Waals surface area contributed by atoms with E-state index in [2.05, 4.69) is 53.8 Å². The second kappa shape index (κ2) is 8.88. The van der Waals surface area contributed by atoms with Gasteiger partial charge in [0.2, 0.25) is 0 Å². The van der Waals surface area contributed by atoms with E-state index in [1.54, 1.807) is 11.8 Å². The van der Waals surface area contributed by atoms with Crippen LogP contribution in [-0.2, 0) is 13.2 Å². The van der Waals surface area contributed by atoms with Gasteiger partial charge in [-0.25, -0.2) is 0 Å². The van der Waals surface area contributed by atoms with E-state index in [1.165, 1.54) is 0 Å². The Bertz CT molecular complexity index is 1250. The first-order valence-corrected chi connectivity index (χ1v) is 12.0. The van der Waals surface area contributed by atoms with Gasteiger partial charge in [-0.15, -0.1) is 0 Å². The number of nitrogens with zero attached hydrogens (tertiary/aromatic N) is 3. The van der Waals surface area contributed by atoms with Gasteiger partial charge in [0.25, 0.3) is 0 Å². The van der Waals surface area contributed by atoms with Crippen molar-refractivity contribution in [1.29, 1.82) is 0 Å². The van der Waals surface area contributed by atoms with Crippen molar-refractivity contribution in [2.24, 2.45) is 0 Å². The van der Waals surface area contributed by atoms with E-state index in [1.807, 2.05) is 30.3 Å². The van der Waals surface area contributed by atoms with Gasteiger partial charge in [0.15, 0.2) is 0 Å². The Hall–Kier alpha value is -2.96. The molecule has 32 heavy (non-hydrogen) atoms. The van der Waals surface area contributed by atoms with Crippen LogP contribution >= 0.6 is 11.8 Å². The summed E-state index contributed by atoms with van der Waals surface area (Å²) in [5.41, 5.74) is 11.6. The van der Waals surface area contributed by atoms with E-state index < -0.39 is 0 Å². The molecule has 0 saturated carbocycles. The molecule has 0 saturated heterocycles. The molecule has 0 atom stereocenters. The van der Waals surface area contributed by atoms with Crippen molar-refractivity contribution in [2.75, 3.05) is 25.4 Å². The molecule has 5 nitrogen and oxygen atoms in total. The Kier molecular flexibility index (Phi) is 5.81. The average molecular weight is 445 g/mol. The van der Waals surface area contributed by atoms with Gasteiger partial charge in [0.1, 0.15) is 18.1 Å². The maximum Gasteiger partial charge on any atom is 0.120 e. The van der Waals surface area contributed by atoms with Gasteiger partial charge in [-0.2, -0.15) is 5.10 Å². The summed E-state index contributed by atoms with van der Waals surface area (Å²) in [4.78, 5) is 4.69. The second-order valence-electron chi connectivity index (χ2n) is 8.01. The number of hydrogen-bond acceptors (Lipinski definition) is 5. The third-order valence-electron chi connectivity index (χ3n) is 6.09. The van der Waals surface area contributed by atoms with Crippen LogP contribution in [-0.4, -0.2) is 34.3 Å². The summed E-state index contributed by atoms with van der Waals surface area (Å²) in [6, 6.07) is 20.6. The largest absolute Gasteiger partial charge is 0.489 e. The lowest BCUT2D eigenvalue weighted by atomic mass is 10.1. The van der Waals surface area contributed by atoms with Gasteiger partial charge < -0.3 is 15.4 Å². The van der Waals surface area contributed by atoms with Gasteiger partial charge in [-0.3, -0.25) is 4.68 Å². The highest BCUT2D eigenvalue weighted by Crippen LogP contribution is 2.50. The molecule has 5 rings (SSSR count). The molecule has 3 aromatic carbocycles. The highest BCUT2D eigenvalue weighted by molar-refractivity contribution is 8.00. The number of anilines is 1. The molecule has 4 aromatic rings. The van der Waals surface area contributed by atoms with E-state index in [0.29, 0.717) is 6.61 Å². The monoisotopic (exact) mass is 444 g/mol. The molecule has 0 unspecified atom stereocenters. The Morgan fingerprint density at radius 2 is 1.84 bits per heavy atom. The maximum atomic E-state index is 6.38. The molecule has 0 fully saturated rings. The van der Waals surface area contributed by atoms with Gasteiger partial charge >= 0.3 is 0 Å². The number of rotatable bonds is 8. The molecule has 1 aromatic heterocycles. The van der Waals surface area contributed by atoms with Crippen molar-refractivity contribution >= 4 is 28.4 Å². The molecule has 2 heterocycles. The number of likely N-dealkylation sites (N-methyl/N-ethyl adjacent to an activating group) is 1. The molecule has 1 aliphatic rings. The highest BCUT2D eigenvalue weighted by Gasteiger charge is 2.26. The summed E-state index contributed by atoms with van der Waals surface area (Å²) in [5, 5.41) is 6.22. The number of aromatic nitrogens is 2. The predicted octanol–water partition coefficient (Wildman–Crippen LogP) is 5.67. The molecule has 0 amide bonds. The molecule has 1 aliphatic heterocycles. The van der Waals surface area contributed by atoms with Crippen molar-refractivity contribution in [1.82, 2.24) is 14.7 Å². The maximum absolute atomic E-state index is 6.38. The Morgan fingerprint density at radius 1 is 1.03 bits per heavy atom. The number of nitrogen functional groups attached to an aromatic ring is 1. The summed E-state index contributed by atoms with van der Waals surface area (Å²) in [5.74, 6) is 0.853. The fourth-order valence-corrected chi connectivity index (χ4v) is 5.34. The first kappa shape index (κ1) is 20.9. The number of fused-ring (bicyclic) bond motifs is 2. The van der Waals surface area contributed by atoms with E-state index in [-0.39, 0.29) is 0 Å². The fraction of sp³-hybridized carbons (Fsp3) is 0.269. The minimum absolute atomic E-state index is 0.546. The zero-order chi connectivity index (χ0) is 22.1.